The van der Waals surface area contributed by atoms with Gasteiger partial charge in [0.2, 0.25) is 0 Å². The molecule has 0 aliphatic heterocycles. The Kier molecular flexibility index (Phi) is 7.47. The van der Waals surface area contributed by atoms with Crippen molar-refractivity contribution in [1.82, 2.24) is 0 Å². The van der Waals surface area contributed by atoms with Gasteiger partial charge in [0, 0.05) is 0 Å². The molecule has 0 aromatic rings. The second-order valence-electron chi connectivity index (χ2n) is 4.38. The van der Waals surface area contributed by atoms with Crippen molar-refractivity contribution in [3.8, 4) is 0 Å². The van der Waals surface area contributed by atoms with Crippen LogP contribution in [0.1, 0.15) is 54.9 Å². The maximum Gasteiger partial charge on any atom is -0.0320 e. The molecular formula is C12H26. The van der Waals surface area contributed by atoms with Crippen LogP contribution in [0.5, 0.6) is 0 Å². The van der Waals surface area contributed by atoms with E-state index in [9.17, 15) is 0 Å². The third-order valence-corrected chi connectivity index (χ3v) is 2.37. The van der Waals surface area contributed by atoms with Crippen LogP contribution in [0.2, 0.25) is 0 Å². The molecule has 0 heteroatoms. The molecule has 0 heterocycles. The van der Waals surface area contributed by atoms with Crippen LogP contribution in [0.25, 0.3) is 0 Å². The van der Waals surface area contributed by atoms with Crippen molar-refractivity contribution in [3.63, 3.8) is 0 Å². The van der Waals surface area contributed by atoms with Gasteiger partial charge in [-0.1, -0.05) is 54.2 Å². The zero-order valence-electron chi connectivity index (χ0n) is 8.65. The standard InChI is InChI=1S/C11H22.CH4/c1-6-7-8-9-10(2)11(3,4)5;/h7-8,10H,6,9H2,1-5H3;1H4/b8-7-;. The lowest BCUT2D eigenvalue weighted by atomic mass is 9.80. The molecule has 0 amide bonds. The van der Waals surface area contributed by atoms with Crippen molar-refractivity contribution in [2.75, 3.05) is 0 Å². The van der Waals surface area contributed by atoms with Gasteiger partial charge in [0.05, 0.1) is 0 Å². The van der Waals surface area contributed by atoms with Gasteiger partial charge in [-0.25, -0.2) is 0 Å². The zero-order chi connectivity index (χ0) is 8.91. The smallest absolute Gasteiger partial charge is 0.0320 e. The second kappa shape index (κ2) is 6.28. The Morgan fingerprint density at radius 2 is 1.67 bits per heavy atom. The van der Waals surface area contributed by atoms with E-state index < -0.39 is 0 Å². The summed E-state index contributed by atoms with van der Waals surface area (Å²) in [4.78, 5) is 0. The summed E-state index contributed by atoms with van der Waals surface area (Å²) in [5.74, 6) is 0.783. The Hall–Kier alpha value is -0.260. The molecule has 12 heavy (non-hydrogen) atoms. The van der Waals surface area contributed by atoms with Crippen LogP contribution < -0.4 is 0 Å². The largest absolute Gasteiger partial charge is 0.0888 e. The number of hydrogen-bond donors (Lipinski definition) is 0. The van der Waals surface area contributed by atoms with E-state index >= 15 is 0 Å². The lowest BCUT2D eigenvalue weighted by Crippen LogP contribution is -2.16. The Morgan fingerprint density at radius 3 is 2.00 bits per heavy atom. The van der Waals surface area contributed by atoms with Gasteiger partial charge in [0.25, 0.3) is 0 Å². The first-order valence-corrected chi connectivity index (χ1v) is 4.63. The van der Waals surface area contributed by atoms with Gasteiger partial charge in [-0.15, -0.1) is 0 Å². The van der Waals surface area contributed by atoms with Gasteiger partial charge in [0.1, 0.15) is 0 Å². The first-order valence-electron chi connectivity index (χ1n) is 4.63. The third kappa shape index (κ3) is 6.45. The van der Waals surface area contributed by atoms with E-state index in [1.165, 1.54) is 6.42 Å². The van der Waals surface area contributed by atoms with Gasteiger partial charge in [-0.05, 0) is 24.2 Å². The summed E-state index contributed by atoms with van der Waals surface area (Å²) >= 11 is 0. The summed E-state index contributed by atoms with van der Waals surface area (Å²) in [5, 5.41) is 0. The molecule has 0 aromatic heterocycles. The minimum absolute atomic E-state index is 0. The Morgan fingerprint density at radius 1 is 1.17 bits per heavy atom. The minimum Gasteiger partial charge on any atom is -0.0888 e. The molecule has 0 fully saturated rings. The summed E-state index contributed by atoms with van der Waals surface area (Å²) in [7, 11) is 0. The highest BCUT2D eigenvalue weighted by Crippen LogP contribution is 2.28. The molecule has 1 atom stereocenters. The van der Waals surface area contributed by atoms with E-state index in [-0.39, 0.29) is 7.43 Å². The molecule has 0 bridgehead atoms. The fraction of sp³-hybridized carbons (Fsp3) is 0.833. The molecule has 0 radical (unpaired) electrons. The van der Waals surface area contributed by atoms with Gasteiger partial charge in [-0.2, -0.15) is 0 Å². The van der Waals surface area contributed by atoms with Crippen molar-refractivity contribution in [2.45, 2.75) is 54.9 Å². The van der Waals surface area contributed by atoms with Crippen molar-refractivity contribution < 1.29 is 0 Å². The summed E-state index contributed by atoms with van der Waals surface area (Å²) in [5.41, 5.74) is 0.456. The highest BCUT2D eigenvalue weighted by Gasteiger charge is 2.17. The predicted octanol–water partition coefficient (Wildman–Crippen LogP) is 4.66. The highest BCUT2D eigenvalue weighted by atomic mass is 14.2. The highest BCUT2D eigenvalue weighted by molar-refractivity contribution is 4.85. The van der Waals surface area contributed by atoms with E-state index in [1.807, 2.05) is 0 Å². The van der Waals surface area contributed by atoms with E-state index in [4.69, 9.17) is 0 Å². The monoisotopic (exact) mass is 170 g/mol. The molecule has 74 valence electrons. The fourth-order valence-corrected chi connectivity index (χ4v) is 0.821. The molecular weight excluding hydrogens is 144 g/mol. The first-order chi connectivity index (χ1) is 4.98. The van der Waals surface area contributed by atoms with E-state index in [0.29, 0.717) is 5.41 Å². The maximum atomic E-state index is 2.32. The molecule has 0 nitrogen and oxygen atoms in total. The lowest BCUT2D eigenvalue weighted by molar-refractivity contribution is 0.264. The van der Waals surface area contributed by atoms with Crippen molar-refractivity contribution in [3.05, 3.63) is 12.2 Å². The van der Waals surface area contributed by atoms with E-state index in [0.717, 1.165) is 12.3 Å². The topological polar surface area (TPSA) is 0 Å². The molecule has 0 aliphatic carbocycles. The van der Waals surface area contributed by atoms with Crippen molar-refractivity contribution in [1.29, 1.82) is 0 Å². The third-order valence-electron chi connectivity index (χ3n) is 2.37. The Balaban J connectivity index is 0. The van der Waals surface area contributed by atoms with Crippen LogP contribution in [0.3, 0.4) is 0 Å². The van der Waals surface area contributed by atoms with Gasteiger partial charge < -0.3 is 0 Å². The van der Waals surface area contributed by atoms with Crippen LogP contribution in [0, 0.1) is 11.3 Å². The molecule has 0 saturated heterocycles. The molecule has 0 N–H and O–H groups in total. The van der Waals surface area contributed by atoms with Crippen LogP contribution >= 0.6 is 0 Å². The van der Waals surface area contributed by atoms with Gasteiger partial charge in [-0.3, -0.25) is 0 Å². The predicted molar refractivity (Wildman–Crippen MR) is 59.4 cm³/mol. The quantitative estimate of drug-likeness (QED) is 0.540. The Labute approximate surface area is 79.1 Å². The normalized spacial score (nSPS) is 14.4. The summed E-state index contributed by atoms with van der Waals surface area (Å²) in [6.45, 7) is 11.4. The molecule has 1 unspecified atom stereocenters. The molecule has 0 spiro atoms. The number of hydrogen-bond acceptors (Lipinski definition) is 0. The molecule has 0 aromatic carbocycles. The van der Waals surface area contributed by atoms with Crippen LogP contribution in [-0.4, -0.2) is 0 Å². The van der Waals surface area contributed by atoms with E-state index in [2.05, 4.69) is 46.8 Å². The molecule has 0 saturated carbocycles. The average molecular weight is 170 g/mol. The first kappa shape index (κ1) is 14.3. The summed E-state index contributed by atoms with van der Waals surface area (Å²) in [6, 6.07) is 0. The van der Waals surface area contributed by atoms with E-state index in [1.54, 1.807) is 0 Å². The van der Waals surface area contributed by atoms with Crippen LogP contribution in [-0.2, 0) is 0 Å². The van der Waals surface area contributed by atoms with Gasteiger partial charge >= 0.3 is 0 Å². The fourth-order valence-electron chi connectivity index (χ4n) is 0.821. The number of rotatable bonds is 3. The SMILES string of the molecule is C.CC/C=C\CC(C)C(C)(C)C. The second-order valence-corrected chi connectivity index (χ2v) is 4.38. The van der Waals surface area contributed by atoms with Gasteiger partial charge in [0.15, 0.2) is 0 Å². The number of allylic oxidation sites excluding steroid dienone is 2. The average Bonchev–Trinajstić information content (AvgIpc) is 1.86. The maximum absolute atomic E-state index is 2.32. The van der Waals surface area contributed by atoms with Crippen molar-refractivity contribution >= 4 is 0 Å². The van der Waals surface area contributed by atoms with Crippen LogP contribution in [0.4, 0.5) is 0 Å². The minimum atomic E-state index is 0. The van der Waals surface area contributed by atoms with Crippen LogP contribution in [0.15, 0.2) is 12.2 Å². The molecule has 0 aliphatic rings. The summed E-state index contributed by atoms with van der Waals surface area (Å²) in [6.07, 6.45) is 6.94. The van der Waals surface area contributed by atoms with Crippen molar-refractivity contribution in [2.24, 2.45) is 11.3 Å². The summed E-state index contributed by atoms with van der Waals surface area (Å²) < 4.78 is 0. The zero-order valence-corrected chi connectivity index (χ0v) is 8.65. The Bertz CT molecular complexity index is 114. The molecule has 0 rings (SSSR count). The lowest BCUT2D eigenvalue weighted by Gasteiger charge is -2.25.